The van der Waals surface area contributed by atoms with Crippen LogP contribution in [0.15, 0.2) is 36.5 Å². The van der Waals surface area contributed by atoms with E-state index in [1.165, 1.54) is 6.07 Å². The molecule has 0 amide bonds. The molecule has 0 saturated heterocycles. The maximum Gasteiger partial charge on any atom is 0.172 e. The fourth-order valence-electron chi connectivity index (χ4n) is 2.28. The summed E-state index contributed by atoms with van der Waals surface area (Å²) in [6.07, 6.45) is 1.56. The molecule has 4 nitrogen and oxygen atoms in total. The summed E-state index contributed by atoms with van der Waals surface area (Å²) >= 11 is 11.4. The molecule has 1 heterocycles. The Hall–Kier alpha value is -2.23. The van der Waals surface area contributed by atoms with Crippen molar-refractivity contribution in [3.05, 3.63) is 58.5 Å². The lowest BCUT2D eigenvalue weighted by molar-refractivity contribution is 0.477. The highest BCUT2D eigenvalue weighted by Gasteiger charge is 2.27. The summed E-state index contributed by atoms with van der Waals surface area (Å²) < 4.78 is 14.1. The first kappa shape index (κ1) is 18.1. The van der Waals surface area contributed by atoms with Crippen LogP contribution < -0.4 is 10.6 Å². The second-order valence-electron chi connectivity index (χ2n) is 5.80. The summed E-state index contributed by atoms with van der Waals surface area (Å²) in [5.41, 5.74) is 0.228. The molecule has 0 bridgehead atoms. The maximum absolute atomic E-state index is 14.1. The van der Waals surface area contributed by atoms with Crippen molar-refractivity contribution < 1.29 is 4.39 Å². The summed E-state index contributed by atoms with van der Waals surface area (Å²) in [6.45, 7) is 4.09. The molecule has 0 aliphatic carbocycles. The number of halogens is 2. The molecule has 0 spiro atoms. The molecule has 0 unspecified atom stereocenters. The quantitative estimate of drug-likeness (QED) is 0.805. The van der Waals surface area contributed by atoms with E-state index in [1.54, 1.807) is 30.5 Å². The number of hydrogen-bond donors (Lipinski definition) is 2. The average molecular weight is 363 g/mol. The molecular weight excluding hydrogens is 347 g/mol. The number of nitriles is 1. The predicted molar refractivity (Wildman–Crippen MR) is 97.6 cm³/mol. The van der Waals surface area contributed by atoms with Gasteiger partial charge in [0.15, 0.2) is 5.11 Å². The van der Waals surface area contributed by atoms with Gasteiger partial charge < -0.3 is 10.6 Å². The fourth-order valence-corrected chi connectivity index (χ4v) is 2.87. The van der Waals surface area contributed by atoms with Crippen LogP contribution in [0.2, 0.25) is 5.02 Å². The Morgan fingerprint density at radius 2 is 2.12 bits per heavy atom. The minimum absolute atomic E-state index is 0.297. The topological polar surface area (TPSA) is 60.7 Å². The van der Waals surface area contributed by atoms with E-state index in [1.807, 2.05) is 19.9 Å². The number of rotatable bonds is 4. The van der Waals surface area contributed by atoms with Gasteiger partial charge in [-0.2, -0.15) is 5.26 Å². The third-order valence-electron chi connectivity index (χ3n) is 3.49. The molecule has 2 aromatic rings. The van der Waals surface area contributed by atoms with Crippen molar-refractivity contribution in [3.63, 3.8) is 0 Å². The number of pyridine rings is 1. The van der Waals surface area contributed by atoms with Crippen molar-refractivity contribution in [1.82, 2.24) is 10.3 Å². The summed E-state index contributed by atoms with van der Waals surface area (Å²) in [7, 11) is 0. The van der Waals surface area contributed by atoms with Crippen LogP contribution in [-0.2, 0) is 5.41 Å². The lowest BCUT2D eigenvalue weighted by Gasteiger charge is -2.27. The highest BCUT2D eigenvalue weighted by Crippen LogP contribution is 2.31. The molecular formula is C17H16ClFN4S. The summed E-state index contributed by atoms with van der Waals surface area (Å²) in [6, 6.07) is 9.96. The average Bonchev–Trinajstić information content (AvgIpc) is 2.53. The van der Waals surface area contributed by atoms with Crippen molar-refractivity contribution in [2.75, 3.05) is 11.9 Å². The zero-order valence-corrected chi connectivity index (χ0v) is 14.8. The van der Waals surface area contributed by atoms with Crippen LogP contribution in [0, 0.1) is 17.1 Å². The lowest BCUT2D eigenvalue weighted by atomic mass is 9.84. The molecule has 2 N–H and O–H groups in total. The molecule has 2 rings (SSSR count). The Balaban J connectivity index is 2.07. The first-order valence-electron chi connectivity index (χ1n) is 7.19. The van der Waals surface area contributed by atoms with Crippen LogP contribution in [0.3, 0.4) is 0 Å². The maximum atomic E-state index is 14.1. The van der Waals surface area contributed by atoms with E-state index in [4.69, 9.17) is 29.1 Å². The number of thiocarbonyl (C=S) groups is 1. The molecule has 0 atom stereocenters. The number of anilines is 1. The van der Waals surface area contributed by atoms with Gasteiger partial charge in [-0.1, -0.05) is 31.5 Å². The van der Waals surface area contributed by atoms with Crippen LogP contribution in [0.1, 0.15) is 25.0 Å². The van der Waals surface area contributed by atoms with Gasteiger partial charge in [0.25, 0.3) is 0 Å². The van der Waals surface area contributed by atoms with Gasteiger partial charge in [-0.15, -0.1) is 0 Å². The van der Waals surface area contributed by atoms with Gasteiger partial charge in [0, 0.05) is 28.7 Å². The van der Waals surface area contributed by atoms with E-state index in [0.29, 0.717) is 33.6 Å². The van der Waals surface area contributed by atoms with Crippen LogP contribution in [0.25, 0.3) is 0 Å². The smallest absolute Gasteiger partial charge is 0.172 e. The summed E-state index contributed by atoms with van der Waals surface area (Å²) in [4.78, 5) is 4.08. The Bertz CT molecular complexity index is 781. The third kappa shape index (κ3) is 4.19. The third-order valence-corrected chi connectivity index (χ3v) is 4.05. The van der Waals surface area contributed by atoms with Gasteiger partial charge in [0.05, 0.1) is 5.56 Å². The zero-order chi connectivity index (χ0) is 17.7. The largest absolute Gasteiger partial charge is 0.362 e. The molecule has 124 valence electrons. The van der Waals surface area contributed by atoms with Gasteiger partial charge in [0.2, 0.25) is 0 Å². The Morgan fingerprint density at radius 3 is 2.79 bits per heavy atom. The minimum Gasteiger partial charge on any atom is -0.362 e. The van der Waals surface area contributed by atoms with E-state index in [-0.39, 0.29) is 5.82 Å². The highest BCUT2D eigenvalue weighted by molar-refractivity contribution is 7.80. The molecule has 0 aliphatic rings. The van der Waals surface area contributed by atoms with Crippen LogP contribution in [0.4, 0.5) is 10.2 Å². The van der Waals surface area contributed by atoms with Gasteiger partial charge in [-0.05, 0) is 36.5 Å². The van der Waals surface area contributed by atoms with E-state index in [0.717, 1.165) is 0 Å². The van der Waals surface area contributed by atoms with E-state index in [9.17, 15) is 4.39 Å². The number of nitrogens with one attached hydrogen (secondary N) is 2. The monoisotopic (exact) mass is 362 g/mol. The molecule has 0 saturated carbocycles. The number of hydrogen-bond acceptors (Lipinski definition) is 3. The van der Waals surface area contributed by atoms with Crippen LogP contribution >= 0.6 is 23.8 Å². The molecule has 1 aromatic carbocycles. The van der Waals surface area contributed by atoms with Crippen molar-refractivity contribution >= 4 is 34.7 Å². The first-order valence-corrected chi connectivity index (χ1v) is 7.98. The Morgan fingerprint density at radius 1 is 1.38 bits per heavy atom. The number of aromatic nitrogens is 1. The Kier molecular flexibility index (Phi) is 5.71. The van der Waals surface area contributed by atoms with Gasteiger partial charge in [-0.25, -0.2) is 9.37 Å². The van der Waals surface area contributed by atoms with Crippen molar-refractivity contribution in [2.45, 2.75) is 19.3 Å². The molecule has 1 aromatic heterocycles. The van der Waals surface area contributed by atoms with Crippen molar-refractivity contribution in [3.8, 4) is 6.07 Å². The predicted octanol–water partition coefficient (Wildman–Crippen LogP) is 4.01. The zero-order valence-electron chi connectivity index (χ0n) is 13.2. The standard InChI is InChI=1S/C17H16ClFN4S/c1-17(2,14-12(18)6-3-7-13(14)19)10-22-16(24)23-15-11(9-20)5-4-8-21-15/h3-8H,10H2,1-2H3,(H2,21,22,23,24). The van der Waals surface area contributed by atoms with Crippen molar-refractivity contribution in [2.24, 2.45) is 0 Å². The Labute approximate surface area is 150 Å². The van der Waals surface area contributed by atoms with E-state index >= 15 is 0 Å². The fraction of sp³-hybridized carbons (Fsp3) is 0.235. The lowest BCUT2D eigenvalue weighted by Crippen LogP contribution is -2.39. The second-order valence-corrected chi connectivity index (χ2v) is 6.62. The van der Waals surface area contributed by atoms with Crippen molar-refractivity contribution in [1.29, 1.82) is 5.26 Å². The SMILES string of the molecule is CC(C)(CNC(=S)Nc1ncccc1C#N)c1c(F)cccc1Cl. The van der Waals surface area contributed by atoms with Crippen LogP contribution in [-0.4, -0.2) is 16.6 Å². The van der Waals surface area contributed by atoms with Gasteiger partial charge >= 0.3 is 0 Å². The number of benzene rings is 1. The first-order chi connectivity index (χ1) is 11.3. The molecule has 7 heteroatoms. The van der Waals surface area contributed by atoms with Gasteiger partial charge in [-0.3, -0.25) is 0 Å². The second kappa shape index (κ2) is 7.56. The van der Waals surface area contributed by atoms with Crippen LogP contribution in [0.5, 0.6) is 0 Å². The molecule has 0 aliphatic heterocycles. The van der Waals surface area contributed by atoms with Gasteiger partial charge in [0.1, 0.15) is 17.7 Å². The van der Waals surface area contributed by atoms with E-state index in [2.05, 4.69) is 15.6 Å². The van der Waals surface area contributed by atoms with E-state index < -0.39 is 5.41 Å². The highest BCUT2D eigenvalue weighted by atomic mass is 35.5. The normalized spacial score (nSPS) is 10.8. The number of nitrogens with zero attached hydrogens (tertiary/aromatic N) is 2. The summed E-state index contributed by atoms with van der Waals surface area (Å²) in [5.74, 6) is 0.0175. The molecule has 0 fully saturated rings. The summed E-state index contributed by atoms with van der Waals surface area (Å²) in [5, 5.41) is 15.6. The minimum atomic E-state index is -0.587. The molecule has 24 heavy (non-hydrogen) atoms. The molecule has 0 radical (unpaired) electrons.